The summed E-state index contributed by atoms with van der Waals surface area (Å²) < 4.78 is 10.8. The summed E-state index contributed by atoms with van der Waals surface area (Å²) in [5, 5.41) is 0. The molecule has 18 heavy (non-hydrogen) atoms. The van der Waals surface area contributed by atoms with Crippen molar-refractivity contribution in [2.75, 3.05) is 13.7 Å². The first-order valence-corrected chi connectivity index (χ1v) is 6.46. The van der Waals surface area contributed by atoms with Gasteiger partial charge in [-0.1, -0.05) is 17.7 Å². The molecule has 0 aliphatic carbocycles. The van der Waals surface area contributed by atoms with Crippen molar-refractivity contribution in [1.29, 1.82) is 0 Å². The van der Waals surface area contributed by atoms with E-state index in [1.165, 1.54) is 0 Å². The number of carbonyl (C=O) groups excluding carboxylic acids is 1. The van der Waals surface area contributed by atoms with E-state index in [4.69, 9.17) is 9.47 Å². The van der Waals surface area contributed by atoms with Gasteiger partial charge in [0.1, 0.15) is 11.5 Å². The van der Waals surface area contributed by atoms with E-state index in [0.717, 1.165) is 36.3 Å². The molecule has 2 rings (SSSR count). The van der Waals surface area contributed by atoms with Gasteiger partial charge in [0, 0.05) is 25.0 Å². The largest absolute Gasteiger partial charge is 0.496 e. The van der Waals surface area contributed by atoms with Crippen LogP contribution in [0.1, 0.15) is 30.4 Å². The molecule has 1 unspecified atom stereocenters. The van der Waals surface area contributed by atoms with E-state index in [9.17, 15) is 4.79 Å². The van der Waals surface area contributed by atoms with Crippen LogP contribution in [0.15, 0.2) is 18.2 Å². The van der Waals surface area contributed by atoms with Crippen molar-refractivity contribution in [2.45, 2.75) is 38.7 Å². The van der Waals surface area contributed by atoms with Crippen molar-refractivity contribution >= 4 is 5.78 Å². The lowest BCUT2D eigenvalue weighted by Crippen LogP contribution is -2.14. The summed E-state index contributed by atoms with van der Waals surface area (Å²) in [7, 11) is 1.64. The first kappa shape index (κ1) is 13.1. The summed E-state index contributed by atoms with van der Waals surface area (Å²) in [6.07, 6.45) is 3.18. The van der Waals surface area contributed by atoms with Gasteiger partial charge in [-0.3, -0.25) is 4.79 Å². The Bertz CT molecular complexity index is 420. The van der Waals surface area contributed by atoms with Gasteiger partial charge in [0.15, 0.2) is 0 Å². The van der Waals surface area contributed by atoms with Crippen molar-refractivity contribution < 1.29 is 14.3 Å². The van der Waals surface area contributed by atoms with Crippen LogP contribution in [0.25, 0.3) is 0 Å². The molecule has 1 fully saturated rings. The first-order valence-electron chi connectivity index (χ1n) is 6.46. The zero-order chi connectivity index (χ0) is 13.0. The SMILES string of the molecule is COc1ccc(C)cc1CC(=O)CC1CCCO1. The Kier molecular flexibility index (Phi) is 4.37. The van der Waals surface area contributed by atoms with E-state index in [1.54, 1.807) is 7.11 Å². The maximum absolute atomic E-state index is 12.0. The molecule has 0 bridgehead atoms. The highest BCUT2D eigenvalue weighted by atomic mass is 16.5. The number of hydrogen-bond donors (Lipinski definition) is 0. The minimum Gasteiger partial charge on any atom is -0.496 e. The third-order valence-corrected chi connectivity index (χ3v) is 3.30. The Balaban J connectivity index is 1.99. The van der Waals surface area contributed by atoms with Gasteiger partial charge in [0.25, 0.3) is 0 Å². The molecule has 0 amide bonds. The van der Waals surface area contributed by atoms with Gasteiger partial charge in [-0.05, 0) is 25.8 Å². The topological polar surface area (TPSA) is 35.5 Å². The number of ether oxygens (including phenoxy) is 2. The Labute approximate surface area is 108 Å². The molecule has 1 aliphatic heterocycles. The van der Waals surface area contributed by atoms with Crippen molar-refractivity contribution in [3.8, 4) is 5.75 Å². The number of benzene rings is 1. The van der Waals surface area contributed by atoms with E-state index in [0.29, 0.717) is 12.8 Å². The van der Waals surface area contributed by atoms with Gasteiger partial charge >= 0.3 is 0 Å². The molecule has 1 aromatic rings. The average molecular weight is 248 g/mol. The smallest absolute Gasteiger partial charge is 0.139 e. The number of hydrogen-bond acceptors (Lipinski definition) is 3. The molecule has 3 heteroatoms. The molecule has 1 aromatic carbocycles. The Morgan fingerprint density at radius 2 is 2.33 bits per heavy atom. The van der Waals surface area contributed by atoms with Crippen LogP contribution < -0.4 is 4.74 Å². The number of ketones is 1. The standard InChI is InChI=1S/C15H20O3/c1-11-5-6-15(17-2)12(8-11)9-13(16)10-14-4-3-7-18-14/h5-6,8,14H,3-4,7,9-10H2,1-2H3. The lowest BCUT2D eigenvalue weighted by atomic mass is 10.0. The molecule has 1 heterocycles. The molecule has 0 N–H and O–H groups in total. The maximum atomic E-state index is 12.0. The molecule has 0 spiro atoms. The summed E-state index contributed by atoms with van der Waals surface area (Å²) in [5.74, 6) is 1.02. The van der Waals surface area contributed by atoms with E-state index < -0.39 is 0 Å². The third kappa shape index (κ3) is 3.33. The number of rotatable bonds is 5. The zero-order valence-electron chi connectivity index (χ0n) is 11.1. The molecule has 1 saturated heterocycles. The van der Waals surface area contributed by atoms with Crippen LogP contribution >= 0.6 is 0 Å². The predicted molar refractivity (Wildman–Crippen MR) is 70.0 cm³/mol. The van der Waals surface area contributed by atoms with Crippen molar-refractivity contribution in [2.24, 2.45) is 0 Å². The van der Waals surface area contributed by atoms with E-state index in [1.807, 2.05) is 25.1 Å². The summed E-state index contributed by atoms with van der Waals surface area (Å²) in [5.41, 5.74) is 2.12. The van der Waals surface area contributed by atoms with Gasteiger partial charge in [-0.15, -0.1) is 0 Å². The second kappa shape index (κ2) is 6.01. The lowest BCUT2D eigenvalue weighted by molar-refractivity contribution is -0.120. The van der Waals surface area contributed by atoms with Crippen LogP contribution in [-0.2, 0) is 16.0 Å². The van der Waals surface area contributed by atoms with Crippen LogP contribution in [0.5, 0.6) is 5.75 Å². The molecular weight excluding hydrogens is 228 g/mol. The van der Waals surface area contributed by atoms with Gasteiger partial charge < -0.3 is 9.47 Å². The Morgan fingerprint density at radius 1 is 1.50 bits per heavy atom. The number of carbonyl (C=O) groups is 1. The summed E-state index contributed by atoms with van der Waals surface area (Å²) >= 11 is 0. The predicted octanol–water partition coefficient (Wildman–Crippen LogP) is 2.68. The highest BCUT2D eigenvalue weighted by Gasteiger charge is 2.19. The molecule has 3 nitrogen and oxygen atoms in total. The van der Waals surface area contributed by atoms with Crippen LogP contribution in [0.4, 0.5) is 0 Å². The number of Topliss-reactive ketones (excluding diaryl/α,β-unsaturated/α-hetero) is 1. The maximum Gasteiger partial charge on any atom is 0.139 e. The fourth-order valence-electron chi connectivity index (χ4n) is 2.39. The van der Waals surface area contributed by atoms with Crippen molar-refractivity contribution in [3.63, 3.8) is 0 Å². The third-order valence-electron chi connectivity index (χ3n) is 3.30. The molecule has 1 aliphatic rings. The molecule has 0 saturated carbocycles. The minimum absolute atomic E-state index is 0.133. The van der Waals surface area contributed by atoms with E-state index in [2.05, 4.69) is 0 Å². The molecule has 0 aromatic heterocycles. The molecule has 98 valence electrons. The van der Waals surface area contributed by atoms with Crippen molar-refractivity contribution in [1.82, 2.24) is 0 Å². The lowest BCUT2D eigenvalue weighted by Gasteiger charge is -2.11. The van der Waals surface area contributed by atoms with Crippen molar-refractivity contribution in [3.05, 3.63) is 29.3 Å². The average Bonchev–Trinajstić information content (AvgIpc) is 2.82. The normalized spacial score (nSPS) is 18.9. The highest BCUT2D eigenvalue weighted by molar-refractivity contribution is 5.82. The van der Waals surface area contributed by atoms with Crippen LogP contribution in [0.2, 0.25) is 0 Å². The van der Waals surface area contributed by atoms with Crippen LogP contribution in [0, 0.1) is 6.92 Å². The fraction of sp³-hybridized carbons (Fsp3) is 0.533. The van der Waals surface area contributed by atoms with Crippen LogP contribution in [0.3, 0.4) is 0 Å². The summed E-state index contributed by atoms with van der Waals surface area (Å²) in [4.78, 5) is 12.0. The quantitative estimate of drug-likeness (QED) is 0.803. The fourth-order valence-corrected chi connectivity index (χ4v) is 2.39. The van der Waals surface area contributed by atoms with Gasteiger partial charge in [-0.25, -0.2) is 0 Å². The van der Waals surface area contributed by atoms with Crippen LogP contribution in [-0.4, -0.2) is 25.6 Å². The molecular formula is C15H20O3. The number of methoxy groups -OCH3 is 1. The summed E-state index contributed by atoms with van der Waals surface area (Å²) in [6.45, 7) is 2.82. The molecule has 0 radical (unpaired) electrons. The first-order chi connectivity index (χ1) is 8.69. The zero-order valence-corrected chi connectivity index (χ0v) is 11.1. The highest BCUT2D eigenvalue weighted by Crippen LogP contribution is 2.22. The van der Waals surface area contributed by atoms with Gasteiger partial charge in [0.2, 0.25) is 0 Å². The van der Waals surface area contributed by atoms with Gasteiger partial charge in [0.05, 0.1) is 13.2 Å². The second-order valence-corrected chi connectivity index (χ2v) is 4.87. The van der Waals surface area contributed by atoms with E-state index in [-0.39, 0.29) is 11.9 Å². The number of aryl methyl sites for hydroxylation is 1. The monoisotopic (exact) mass is 248 g/mol. The second-order valence-electron chi connectivity index (χ2n) is 4.87. The summed E-state index contributed by atoms with van der Waals surface area (Å²) in [6, 6.07) is 5.93. The Morgan fingerprint density at radius 3 is 3.00 bits per heavy atom. The minimum atomic E-state index is 0.133. The van der Waals surface area contributed by atoms with E-state index >= 15 is 0 Å². The Hall–Kier alpha value is -1.35. The van der Waals surface area contributed by atoms with Gasteiger partial charge in [-0.2, -0.15) is 0 Å². The molecule has 1 atom stereocenters.